The highest BCUT2D eigenvalue weighted by atomic mass is 16.4. The zero-order valence-electron chi connectivity index (χ0n) is 16.3. The van der Waals surface area contributed by atoms with Crippen LogP contribution in [0.4, 0.5) is 0 Å². The molecule has 0 bridgehead atoms. The van der Waals surface area contributed by atoms with Crippen LogP contribution in [0.1, 0.15) is 79.1 Å². The van der Waals surface area contributed by atoms with E-state index in [4.69, 9.17) is 0 Å². The first-order valence-corrected chi connectivity index (χ1v) is 9.87. The van der Waals surface area contributed by atoms with E-state index in [2.05, 4.69) is 26.8 Å². The third-order valence-corrected chi connectivity index (χ3v) is 4.84. The number of carboxylic acid groups (broad SMARTS) is 1. The van der Waals surface area contributed by atoms with E-state index >= 15 is 0 Å². The molecule has 142 valence electrons. The van der Waals surface area contributed by atoms with Gasteiger partial charge < -0.3 is 19.5 Å². The SMILES string of the molecule is CCC/C=C/CC(O)C[N+](CCCC)(CCCC)C(CC)C(=O)[O-]. The average Bonchev–Trinajstić information content (AvgIpc) is 2.55. The summed E-state index contributed by atoms with van der Waals surface area (Å²) in [4.78, 5) is 11.8. The number of carbonyl (C=O) groups is 1. The third-order valence-electron chi connectivity index (χ3n) is 4.84. The summed E-state index contributed by atoms with van der Waals surface area (Å²) in [7, 11) is 0. The maximum Gasteiger partial charge on any atom is 0.129 e. The van der Waals surface area contributed by atoms with E-state index in [0.29, 0.717) is 23.9 Å². The number of allylic oxidation sites excluding steroid dienone is 1. The van der Waals surface area contributed by atoms with Crippen LogP contribution in [0.15, 0.2) is 12.2 Å². The van der Waals surface area contributed by atoms with Crippen molar-refractivity contribution in [2.24, 2.45) is 0 Å². The monoisotopic (exact) mass is 341 g/mol. The Hall–Kier alpha value is -0.870. The molecular weight excluding hydrogens is 302 g/mol. The minimum absolute atomic E-state index is 0.462. The Bertz CT molecular complexity index is 347. The average molecular weight is 342 g/mol. The van der Waals surface area contributed by atoms with E-state index in [1.165, 1.54) is 0 Å². The van der Waals surface area contributed by atoms with Crippen molar-refractivity contribution in [1.29, 1.82) is 0 Å². The number of hydrogen-bond acceptors (Lipinski definition) is 3. The molecule has 0 aliphatic carbocycles. The summed E-state index contributed by atoms with van der Waals surface area (Å²) in [6, 6.07) is -0.530. The molecule has 0 heterocycles. The van der Waals surface area contributed by atoms with E-state index in [0.717, 1.165) is 51.6 Å². The summed E-state index contributed by atoms with van der Waals surface area (Å²) >= 11 is 0. The van der Waals surface area contributed by atoms with Crippen LogP contribution in [-0.2, 0) is 4.79 Å². The largest absolute Gasteiger partial charge is 0.544 e. The van der Waals surface area contributed by atoms with Gasteiger partial charge in [0.15, 0.2) is 0 Å². The maximum atomic E-state index is 11.8. The van der Waals surface area contributed by atoms with Gasteiger partial charge in [-0.2, -0.15) is 0 Å². The standard InChI is InChI=1S/C20H39NO3/c1-5-9-12-13-14-18(22)17-21(15-10-6-2,16-11-7-3)19(8-4)20(23)24/h12-13,18-19,22H,5-11,14-17H2,1-4H3/b13-12+. The van der Waals surface area contributed by atoms with Gasteiger partial charge in [0.05, 0.1) is 19.1 Å². The van der Waals surface area contributed by atoms with Crippen LogP contribution < -0.4 is 5.11 Å². The normalized spacial score (nSPS) is 14.9. The lowest BCUT2D eigenvalue weighted by Gasteiger charge is -2.46. The van der Waals surface area contributed by atoms with Crippen LogP contribution in [0.2, 0.25) is 0 Å². The first-order chi connectivity index (χ1) is 11.5. The van der Waals surface area contributed by atoms with Gasteiger partial charge in [0, 0.05) is 6.42 Å². The number of quaternary nitrogens is 1. The Morgan fingerprint density at radius 1 is 1.04 bits per heavy atom. The van der Waals surface area contributed by atoms with Crippen molar-refractivity contribution in [1.82, 2.24) is 0 Å². The van der Waals surface area contributed by atoms with Crippen molar-refractivity contribution in [3.63, 3.8) is 0 Å². The molecule has 2 unspecified atom stereocenters. The van der Waals surface area contributed by atoms with Gasteiger partial charge in [0.1, 0.15) is 18.7 Å². The fourth-order valence-electron chi connectivity index (χ4n) is 3.49. The molecule has 0 aromatic heterocycles. The van der Waals surface area contributed by atoms with Gasteiger partial charge >= 0.3 is 0 Å². The smallest absolute Gasteiger partial charge is 0.129 e. The Morgan fingerprint density at radius 3 is 2.04 bits per heavy atom. The van der Waals surface area contributed by atoms with Crippen molar-refractivity contribution in [2.45, 2.75) is 91.2 Å². The number of nitrogens with zero attached hydrogens (tertiary/aromatic N) is 1. The Labute approximate surface area is 149 Å². The van der Waals surface area contributed by atoms with Gasteiger partial charge in [-0.25, -0.2) is 0 Å². The van der Waals surface area contributed by atoms with Gasteiger partial charge in [0.2, 0.25) is 0 Å². The second kappa shape index (κ2) is 13.4. The molecule has 0 radical (unpaired) electrons. The fraction of sp³-hybridized carbons (Fsp3) is 0.850. The maximum absolute atomic E-state index is 11.8. The van der Waals surface area contributed by atoms with Gasteiger partial charge in [-0.05, 0) is 25.7 Å². The van der Waals surface area contributed by atoms with Crippen LogP contribution in [-0.4, -0.2) is 47.3 Å². The minimum atomic E-state index is -0.974. The van der Waals surface area contributed by atoms with Crippen LogP contribution in [0.25, 0.3) is 0 Å². The number of hydrogen-bond donors (Lipinski definition) is 1. The number of carboxylic acids is 1. The van der Waals surface area contributed by atoms with Crippen molar-refractivity contribution in [3.05, 3.63) is 12.2 Å². The second-order valence-corrected chi connectivity index (χ2v) is 6.95. The predicted molar refractivity (Wildman–Crippen MR) is 98.4 cm³/mol. The van der Waals surface area contributed by atoms with E-state index in [-0.39, 0.29) is 0 Å². The highest BCUT2D eigenvalue weighted by Gasteiger charge is 2.37. The highest BCUT2D eigenvalue weighted by Crippen LogP contribution is 2.22. The van der Waals surface area contributed by atoms with Gasteiger partial charge in [-0.1, -0.05) is 59.1 Å². The van der Waals surface area contributed by atoms with Crippen LogP contribution in [0.5, 0.6) is 0 Å². The van der Waals surface area contributed by atoms with Crippen molar-refractivity contribution < 1.29 is 19.5 Å². The topological polar surface area (TPSA) is 60.4 Å². The zero-order valence-corrected chi connectivity index (χ0v) is 16.3. The van der Waals surface area contributed by atoms with Crippen LogP contribution in [0, 0.1) is 0 Å². The molecular formula is C20H39NO3. The molecule has 4 nitrogen and oxygen atoms in total. The molecule has 24 heavy (non-hydrogen) atoms. The number of carbonyl (C=O) groups excluding carboxylic acids is 1. The summed E-state index contributed by atoms with van der Waals surface area (Å²) in [5.74, 6) is -0.974. The molecule has 0 aliphatic rings. The number of aliphatic hydroxyl groups excluding tert-OH is 1. The highest BCUT2D eigenvalue weighted by molar-refractivity contribution is 5.69. The lowest BCUT2D eigenvalue weighted by molar-refractivity contribution is -0.948. The molecule has 0 saturated carbocycles. The zero-order chi connectivity index (χ0) is 18.4. The third kappa shape index (κ3) is 8.29. The Balaban J connectivity index is 5.25. The van der Waals surface area contributed by atoms with Crippen LogP contribution in [0.3, 0.4) is 0 Å². The number of rotatable bonds is 15. The number of unbranched alkanes of at least 4 members (excludes halogenated alkanes) is 3. The van der Waals surface area contributed by atoms with Crippen molar-refractivity contribution >= 4 is 5.97 Å². The number of aliphatic hydroxyl groups is 1. The quantitative estimate of drug-likeness (QED) is 0.368. The number of aliphatic carboxylic acids is 1. The summed E-state index contributed by atoms with van der Waals surface area (Å²) in [5.41, 5.74) is 0. The molecule has 1 N–H and O–H groups in total. The molecule has 0 spiro atoms. The molecule has 0 rings (SSSR count). The second-order valence-electron chi connectivity index (χ2n) is 6.95. The molecule has 0 amide bonds. The van der Waals surface area contributed by atoms with Gasteiger partial charge in [0.25, 0.3) is 0 Å². The van der Waals surface area contributed by atoms with Crippen molar-refractivity contribution in [2.75, 3.05) is 19.6 Å². The van der Waals surface area contributed by atoms with E-state index < -0.39 is 18.1 Å². The molecule has 0 fully saturated rings. The molecule has 4 heteroatoms. The lowest BCUT2D eigenvalue weighted by atomic mass is 10.0. The summed E-state index contributed by atoms with van der Waals surface area (Å²) < 4.78 is 0.462. The summed E-state index contributed by atoms with van der Waals surface area (Å²) in [6.07, 6.45) is 10.9. The Morgan fingerprint density at radius 2 is 1.62 bits per heavy atom. The van der Waals surface area contributed by atoms with E-state index in [9.17, 15) is 15.0 Å². The van der Waals surface area contributed by atoms with Crippen LogP contribution >= 0.6 is 0 Å². The van der Waals surface area contributed by atoms with Gasteiger partial charge in [-0.3, -0.25) is 0 Å². The molecule has 2 atom stereocenters. The minimum Gasteiger partial charge on any atom is -0.544 e. The summed E-state index contributed by atoms with van der Waals surface area (Å²) in [6.45, 7) is 10.4. The van der Waals surface area contributed by atoms with Gasteiger partial charge in [-0.15, -0.1) is 0 Å². The molecule has 0 aromatic carbocycles. The van der Waals surface area contributed by atoms with E-state index in [1.807, 2.05) is 13.0 Å². The lowest BCUT2D eigenvalue weighted by Crippen LogP contribution is -2.64. The molecule has 0 saturated heterocycles. The van der Waals surface area contributed by atoms with E-state index in [1.54, 1.807) is 0 Å². The van der Waals surface area contributed by atoms with Crippen molar-refractivity contribution in [3.8, 4) is 0 Å². The first-order valence-electron chi connectivity index (χ1n) is 9.87. The Kier molecular flexibility index (Phi) is 12.9. The predicted octanol–water partition coefficient (Wildman–Crippen LogP) is 3.04. The molecule has 0 aliphatic heterocycles. The summed E-state index contributed by atoms with van der Waals surface area (Å²) in [5, 5.41) is 22.3. The fourth-order valence-corrected chi connectivity index (χ4v) is 3.49. The molecule has 0 aromatic rings. The first kappa shape index (κ1) is 23.1.